The number of aryl methyl sites for hydroxylation is 1. The Kier molecular flexibility index (Phi) is 4.81. The molecule has 0 amide bonds. The van der Waals surface area contributed by atoms with Crippen LogP contribution in [0.5, 0.6) is 0 Å². The SMILES string of the molecule is CCCN1CCCc2cc(C(=CN)C3=NCCCC3)ccc21. The summed E-state index contributed by atoms with van der Waals surface area (Å²) in [6.45, 7) is 5.53. The van der Waals surface area contributed by atoms with Crippen molar-refractivity contribution in [3.8, 4) is 0 Å². The number of benzene rings is 1. The summed E-state index contributed by atoms with van der Waals surface area (Å²) in [6.07, 6.45) is 8.86. The molecule has 1 aromatic carbocycles. The summed E-state index contributed by atoms with van der Waals surface area (Å²) in [7, 11) is 0. The minimum absolute atomic E-state index is 0.946. The van der Waals surface area contributed by atoms with E-state index in [0.717, 1.165) is 25.1 Å². The minimum atomic E-state index is 0.946. The number of hydrogen-bond acceptors (Lipinski definition) is 3. The van der Waals surface area contributed by atoms with Gasteiger partial charge in [0, 0.05) is 42.8 Å². The van der Waals surface area contributed by atoms with Gasteiger partial charge in [0.15, 0.2) is 0 Å². The van der Waals surface area contributed by atoms with Crippen LogP contribution < -0.4 is 10.6 Å². The third-order valence-electron chi connectivity index (χ3n) is 4.70. The van der Waals surface area contributed by atoms with E-state index in [1.54, 1.807) is 6.20 Å². The Morgan fingerprint density at radius 3 is 2.91 bits per heavy atom. The summed E-state index contributed by atoms with van der Waals surface area (Å²) < 4.78 is 0. The summed E-state index contributed by atoms with van der Waals surface area (Å²) in [6, 6.07) is 6.85. The average molecular weight is 297 g/mol. The zero-order chi connectivity index (χ0) is 15.4. The van der Waals surface area contributed by atoms with Crippen LogP contribution in [0.3, 0.4) is 0 Å². The van der Waals surface area contributed by atoms with Crippen molar-refractivity contribution in [2.75, 3.05) is 24.5 Å². The molecule has 0 saturated carbocycles. The summed E-state index contributed by atoms with van der Waals surface area (Å²) in [4.78, 5) is 7.21. The molecule has 0 radical (unpaired) electrons. The first-order chi connectivity index (χ1) is 10.8. The van der Waals surface area contributed by atoms with Crippen LogP contribution in [-0.2, 0) is 6.42 Å². The Balaban J connectivity index is 1.90. The van der Waals surface area contributed by atoms with Gasteiger partial charge in [-0.2, -0.15) is 0 Å². The molecule has 0 spiro atoms. The maximum atomic E-state index is 5.93. The maximum Gasteiger partial charge on any atom is 0.0441 e. The molecule has 2 heterocycles. The van der Waals surface area contributed by atoms with Crippen LogP contribution in [0.15, 0.2) is 29.4 Å². The minimum Gasteiger partial charge on any atom is -0.404 e. The normalized spacial score (nSPS) is 18.9. The lowest BCUT2D eigenvalue weighted by atomic mass is 9.92. The zero-order valence-electron chi connectivity index (χ0n) is 13.6. The van der Waals surface area contributed by atoms with Crippen molar-refractivity contribution in [2.24, 2.45) is 10.7 Å². The van der Waals surface area contributed by atoms with E-state index in [1.807, 2.05) is 0 Å². The van der Waals surface area contributed by atoms with Gasteiger partial charge in [-0.05, 0) is 61.8 Å². The van der Waals surface area contributed by atoms with E-state index in [2.05, 4.69) is 30.0 Å². The van der Waals surface area contributed by atoms with Gasteiger partial charge in [-0.25, -0.2) is 0 Å². The quantitative estimate of drug-likeness (QED) is 0.919. The Hall–Kier alpha value is -1.77. The van der Waals surface area contributed by atoms with Gasteiger partial charge in [-0.15, -0.1) is 0 Å². The first kappa shape index (κ1) is 15.1. The highest BCUT2D eigenvalue weighted by Crippen LogP contribution is 2.31. The van der Waals surface area contributed by atoms with Crippen molar-refractivity contribution in [1.82, 2.24) is 0 Å². The van der Waals surface area contributed by atoms with E-state index >= 15 is 0 Å². The number of anilines is 1. The lowest BCUT2D eigenvalue weighted by Gasteiger charge is -2.31. The predicted molar refractivity (Wildman–Crippen MR) is 95.6 cm³/mol. The van der Waals surface area contributed by atoms with Crippen LogP contribution in [-0.4, -0.2) is 25.3 Å². The Bertz CT molecular complexity index is 586. The van der Waals surface area contributed by atoms with E-state index in [-0.39, 0.29) is 0 Å². The molecule has 0 unspecified atom stereocenters. The molecule has 0 aliphatic carbocycles. The van der Waals surface area contributed by atoms with Gasteiger partial charge < -0.3 is 10.6 Å². The highest BCUT2D eigenvalue weighted by atomic mass is 15.1. The van der Waals surface area contributed by atoms with E-state index in [4.69, 9.17) is 10.7 Å². The zero-order valence-corrected chi connectivity index (χ0v) is 13.6. The topological polar surface area (TPSA) is 41.6 Å². The Morgan fingerprint density at radius 1 is 1.27 bits per heavy atom. The molecule has 2 aliphatic rings. The molecule has 0 saturated heterocycles. The molecular formula is C19H27N3. The van der Waals surface area contributed by atoms with Crippen LogP contribution in [0.25, 0.3) is 5.57 Å². The highest BCUT2D eigenvalue weighted by Gasteiger charge is 2.18. The monoisotopic (exact) mass is 297 g/mol. The fourth-order valence-electron chi connectivity index (χ4n) is 3.62. The lowest BCUT2D eigenvalue weighted by molar-refractivity contribution is 0.681. The second kappa shape index (κ2) is 6.99. The van der Waals surface area contributed by atoms with Gasteiger partial charge in [-0.3, -0.25) is 4.99 Å². The lowest BCUT2D eigenvalue weighted by Crippen LogP contribution is -2.30. The molecule has 0 fully saturated rings. The van der Waals surface area contributed by atoms with Gasteiger partial charge >= 0.3 is 0 Å². The molecular weight excluding hydrogens is 270 g/mol. The maximum absolute atomic E-state index is 5.93. The smallest absolute Gasteiger partial charge is 0.0441 e. The van der Waals surface area contributed by atoms with E-state index in [0.29, 0.717) is 0 Å². The van der Waals surface area contributed by atoms with Crippen molar-refractivity contribution in [3.05, 3.63) is 35.5 Å². The molecule has 0 atom stereocenters. The van der Waals surface area contributed by atoms with Crippen LogP contribution >= 0.6 is 0 Å². The number of allylic oxidation sites excluding steroid dienone is 1. The molecule has 3 rings (SSSR count). The molecule has 3 heteroatoms. The largest absolute Gasteiger partial charge is 0.404 e. The third kappa shape index (κ3) is 3.03. The van der Waals surface area contributed by atoms with Crippen molar-refractivity contribution < 1.29 is 0 Å². The number of fused-ring (bicyclic) bond motifs is 1. The molecule has 3 nitrogen and oxygen atoms in total. The van der Waals surface area contributed by atoms with Crippen LogP contribution in [0.1, 0.15) is 50.2 Å². The van der Waals surface area contributed by atoms with Crippen molar-refractivity contribution in [2.45, 2.75) is 45.4 Å². The van der Waals surface area contributed by atoms with Crippen LogP contribution in [0, 0.1) is 0 Å². The summed E-state index contributed by atoms with van der Waals surface area (Å²) in [5.74, 6) is 0. The first-order valence-corrected chi connectivity index (χ1v) is 8.67. The standard InChI is InChI=1S/C19H27N3/c1-2-11-22-12-5-6-16-13-15(8-9-19(16)22)17(14-20)18-7-3-4-10-21-18/h8-9,13-14H,2-7,10-12,20H2,1H3. The molecule has 2 aliphatic heterocycles. The average Bonchev–Trinajstić information content (AvgIpc) is 2.57. The second-order valence-corrected chi connectivity index (χ2v) is 6.30. The van der Waals surface area contributed by atoms with E-state index < -0.39 is 0 Å². The fourth-order valence-corrected chi connectivity index (χ4v) is 3.62. The number of nitrogens with zero attached hydrogens (tertiary/aromatic N) is 2. The van der Waals surface area contributed by atoms with Gasteiger partial charge in [0.25, 0.3) is 0 Å². The fraction of sp³-hybridized carbons (Fsp3) is 0.526. The second-order valence-electron chi connectivity index (χ2n) is 6.30. The molecule has 118 valence electrons. The van der Waals surface area contributed by atoms with Crippen molar-refractivity contribution in [1.29, 1.82) is 0 Å². The molecule has 0 aromatic heterocycles. The summed E-state index contributed by atoms with van der Waals surface area (Å²) >= 11 is 0. The van der Waals surface area contributed by atoms with Gasteiger partial charge in [-0.1, -0.05) is 13.0 Å². The van der Waals surface area contributed by atoms with Crippen LogP contribution in [0.4, 0.5) is 5.69 Å². The van der Waals surface area contributed by atoms with Gasteiger partial charge in [0.1, 0.15) is 0 Å². The van der Waals surface area contributed by atoms with Gasteiger partial charge in [0.05, 0.1) is 0 Å². The predicted octanol–water partition coefficient (Wildman–Crippen LogP) is 3.77. The third-order valence-corrected chi connectivity index (χ3v) is 4.70. The molecule has 2 N–H and O–H groups in total. The number of aliphatic imine (C=N–C) groups is 1. The Labute approximate surface area is 133 Å². The first-order valence-electron chi connectivity index (χ1n) is 8.67. The highest BCUT2D eigenvalue weighted by molar-refractivity contribution is 6.24. The van der Waals surface area contributed by atoms with Crippen LogP contribution in [0.2, 0.25) is 0 Å². The van der Waals surface area contributed by atoms with E-state index in [1.165, 1.54) is 61.2 Å². The van der Waals surface area contributed by atoms with E-state index in [9.17, 15) is 0 Å². The molecule has 1 aromatic rings. The number of rotatable bonds is 4. The Morgan fingerprint density at radius 2 is 2.18 bits per heavy atom. The van der Waals surface area contributed by atoms with Crippen molar-refractivity contribution >= 4 is 17.0 Å². The summed E-state index contributed by atoms with van der Waals surface area (Å²) in [5, 5.41) is 0. The van der Waals surface area contributed by atoms with Crippen molar-refractivity contribution in [3.63, 3.8) is 0 Å². The molecule has 22 heavy (non-hydrogen) atoms. The molecule has 0 bridgehead atoms. The summed E-state index contributed by atoms with van der Waals surface area (Å²) in [5.41, 5.74) is 12.4. The number of hydrogen-bond donors (Lipinski definition) is 1. The van der Waals surface area contributed by atoms with Gasteiger partial charge in [0.2, 0.25) is 0 Å². The number of nitrogens with two attached hydrogens (primary N) is 1.